The zero-order chi connectivity index (χ0) is 16.2. The number of hydrogen-bond donors (Lipinski definition) is 2. The average molecular weight is 305 g/mol. The first-order valence-corrected chi connectivity index (χ1v) is 7.63. The fourth-order valence-electron chi connectivity index (χ4n) is 2.68. The summed E-state index contributed by atoms with van der Waals surface area (Å²) in [6, 6.07) is 6.95. The van der Waals surface area contributed by atoms with Crippen LogP contribution in [0.25, 0.3) is 0 Å². The molecule has 1 aromatic carbocycles. The van der Waals surface area contributed by atoms with Gasteiger partial charge in [-0.3, -0.25) is 9.59 Å². The van der Waals surface area contributed by atoms with Crippen molar-refractivity contribution in [3.05, 3.63) is 29.8 Å². The molecule has 0 aliphatic carbocycles. The molecule has 0 aromatic heterocycles. The lowest BCUT2D eigenvalue weighted by Gasteiger charge is -2.35. The van der Waals surface area contributed by atoms with Gasteiger partial charge in [-0.25, -0.2) is 0 Å². The second-order valence-electron chi connectivity index (χ2n) is 6.30. The maximum absolute atomic E-state index is 12.6. The molecule has 22 heavy (non-hydrogen) atoms. The van der Waals surface area contributed by atoms with Gasteiger partial charge in [0.25, 0.3) is 0 Å². The number of rotatable bonds is 5. The van der Waals surface area contributed by atoms with Crippen molar-refractivity contribution >= 4 is 17.6 Å². The van der Waals surface area contributed by atoms with Crippen LogP contribution in [0.4, 0.5) is 5.69 Å². The third kappa shape index (κ3) is 4.07. The van der Waals surface area contributed by atoms with Gasteiger partial charge in [0.2, 0.25) is 5.91 Å². The Kier molecular flexibility index (Phi) is 5.19. The summed E-state index contributed by atoms with van der Waals surface area (Å²) in [5.74, 6) is -0.994. The summed E-state index contributed by atoms with van der Waals surface area (Å²) < 4.78 is 5.74. The third-order valence-corrected chi connectivity index (χ3v) is 4.11. The molecule has 1 atom stereocenters. The first kappa shape index (κ1) is 16.5. The molecule has 0 bridgehead atoms. The number of anilines is 1. The van der Waals surface area contributed by atoms with E-state index < -0.39 is 11.4 Å². The highest BCUT2D eigenvalue weighted by molar-refractivity contribution is 5.95. The van der Waals surface area contributed by atoms with Gasteiger partial charge in [0.15, 0.2) is 0 Å². The molecule has 0 spiro atoms. The van der Waals surface area contributed by atoms with E-state index >= 15 is 0 Å². The highest BCUT2D eigenvalue weighted by Crippen LogP contribution is 2.31. The first-order valence-electron chi connectivity index (χ1n) is 7.63. The Labute approximate surface area is 130 Å². The van der Waals surface area contributed by atoms with Crippen molar-refractivity contribution < 1.29 is 19.4 Å². The minimum Gasteiger partial charge on any atom is -0.481 e. The number of hydrogen-bond acceptors (Lipinski definition) is 3. The summed E-state index contributed by atoms with van der Waals surface area (Å²) in [5.41, 5.74) is 0.660. The number of benzene rings is 1. The smallest absolute Gasteiger partial charge is 0.307 e. The van der Waals surface area contributed by atoms with Gasteiger partial charge < -0.3 is 15.2 Å². The van der Waals surface area contributed by atoms with Crippen molar-refractivity contribution in [2.75, 3.05) is 11.9 Å². The Morgan fingerprint density at radius 2 is 2.14 bits per heavy atom. The van der Waals surface area contributed by atoms with E-state index in [1.807, 2.05) is 13.8 Å². The molecule has 1 aromatic rings. The van der Waals surface area contributed by atoms with E-state index in [1.165, 1.54) is 0 Å². The predicted octanol–water partition coefficient (Wildman–Crippen LogP) is 2.85. The summed E-state index contributed by atoms with van der Waals surface area (Å²) in [6.07, 6.45) is 2.88. The van der Waals surface area contributed by atoms with Gasteiger partial charge in [0.1, 0.15) is 0 Å². The van der Waals surface area contributed by atoms with Gasteiger partial charge in [-0.1, -0.05) is 12.1 Å². The monoisotopic (exact) mass is 305 g/mol. The quantitative estimate of drug-likeness (QED) is 0.877. The van der Waals surface area contributed by atoms with Crippen LogP contribution in [0, 0.1) is 5.41 Å². The third-order valence-electron chi connectivity index (χ3n) is 4.11. The molecular weight excluding hydrogens is 282 g/mol. The van der Waals surface area contributed by atoms with E-state index in [9.17, 15) is 9.59 Å². The molecule has 0 saturated carbocycles. The predicted molar refractivity (Wildman–Crippen MR) is 83.8 cm³/mol. The van der Waals surface area contributed by atoms with Gasteiger partial charge in [-0.15, -0.1) is 0 Å². The Hall–Kier alpha value is -1.88. The number of ether oxygens (including phenoxy) is 1. The molecule has 1 aliphatic heterocycles. The first-order chi connectivity index (χ1) is 10.4. The molecule has 1 saturated heterocycles. The SMILES string of the molecule is CC(C)(C(=O)Nc1cccc(CC(=O)O)c1)C1CCCCO1. The molecule has 1 amide bonds. The van der Waals surface area contributed by atoms with Crippen molar-refractivity contribution in [2.45, 2.75) is 45.6 Å². The fraction of sp³-hybridized carbons (Fsp3) is 0.529. The molecule has 0 radical (unpaired) electrons. The largest absolute Gasteiger partial charge is 0.481 e. The van der Waals surface area contributed by atoms with Crippen LogP contribution in [0.1, 0.15) is 38.7 Å². The van der Waals surface area contributed by atoms with Crippen molar-refractivity contribution in [3.63, 3.8) is 0 Å². The number of aliphatic carboxylic acids is 1. The number of carboxylic acids is 1. The lowest BCUT2D eigenvalue weighted by Crippen LogP contribution is -2.44. The van der Waals surface area contributed by atoms with Crippen LogP contribution >= 0.6 is 0 Å². The van der Waals surface area contributed by atoms with Crippen LogP contribution in [0.2, 0.25) is 0 Å². The van der Waals surface area contributed by atoms with E-state index in [0.29, 0.717) is 17.9 Å². The highest BCUT2D eigenvalue weighted by Gasteiger charge is 2.38. The maximum atomic E-state index is 12.6. The number of carbonyl (C=O) groups is 2. The van der Waals surface area contributed by atoms with Crippen LogP contribution in [0.15, 0.2) is 24.3 Å². The average Bonchev–Trinajstić information content (AvgIpc) is 2.47. The van der Waals surface area contributed by atoms with Gasteiger partial charge >= 0.3 is 5.97 Å². The molecule has 1 aliphatic rings. The van der Waals surface area contributed by atoms with Crippen LogP contribution in [0.3, 0.4) is 0 Å². The van der Waals surface area contributed by atoms with Gasteiger partial charge in [0.05, 0.1) is 17.9 Å². The van der Waals surface area contributed by atoms with Crippen LogP contribution in [-0.2, 0) is 20.7 Å². The molecule has 2 rings (SSSR count). The van der Waals surface area contributed by atoms with Gasteiger partial charge in [-0.05, 0) is 50.8 Å². The summed E-state index contributed by atoms with van der Waals surface area (Å²) in [4.78, 5) is 23.3. The molecule has 2 N–H and O–H groups in total. The maximum Gasteiger partial charge on any atom is 0.307 e. The van der Waals surface area contributed by atoms with Crippen LogP contribution in [0.5, 0.6) is 0 Å². The Balaban J connectivity index is 2.05. The molecule has 1 unspecified atom stereocenters. The summed E-state index contributed by atoms with van der Waals surface area (Å²) in [5, 5.41) is 11.7. The topological polar surface area (TPSA) is 75.6 Å². The minimum atomic E-state index is -0.889. The zero-order valence-corrected chi connectivity index (χ0v) is 13.1. The van der Waals surface area contributed by atoms with E-state index in [4.69, 9.17) is 9.84 Å². The normalized spacial score (nSPS) is 18.7. The second kappa shape index (κ2) is 6.92. The minimum absolute atomic E-state index is 0.0567. The van der Waals surface area contributed by atoms with E-state index in [-0.39, 0.29) is 18.4 Å². The summed E-state index contributed by atoms with van der Waals surface area (Å²) >= 11 is 0. The molecule has 1 heterocycles. The number of amides is 1. The van der Waals surface area contributed by atoms with Crippen molar-refractivity contribution in [1.29, 1.82) is 0 Å². The molecular formula is C17H23NO4. The Morgan fingerprint density at radius 3 is 2.77 bits per heavy atom. The number of carbonyl (C=O) groups excluding carboxylic acids is 1. The molecule has 1 fully saturated rings. The van der Waals surface area contributed by atoms with Crippen LogP contribution in [-0.4, -0.2) is 29.7 Å². The van der Waals surface area contributed by atoms with Crippen molar-refractivity contribution in [1.82, 2.24) is 0 Å². The number of carboxylic acid groups (broad SMARTS) is 1. The standard InChI is InChI=1S/C17H23NO4/c1-17(2,14-8-3-4-9-22-14)16(21)18-13-7-5-6-12(10-13)11-15(19)20/h5-7,10,14H,3-4,8-9,11H2,1-2H3,(H,18,21)(H,19,20). The summed E-state index contributed by atoms with van der Waals surface area (Å²) in [7, 11) is 0. The summed E-state index contributed by atoms with van der Waals surface area (Å²) in [6.45, 7) is 4.48. The Bertz CT molecular complexity index is 547. The number of nitrogens with one attached hydrogen (secondary N) is 1. The van der Waals surface area contributed by atoms with Crippen molar-refractivity contribution in [2.24, 2.45) is 5.41 Å². The van der Waals surface area contributed by atoms with Crippen LogP contribution < -0.4 is 5.32 Å². The second-order valence-corrected chi connectivity index (χ2v) is 6.30. The van der Waals surface area contributed by atoms with Gasteiger partial charge in [-0.2, -0.15) is 0 Å². The Morgan fingerprint density at radius 1 is 1.36 bits per heavy atom. The van der Waals surface area contributed by atoms with E-state index in [1.54, 1.807) is 24.3 Å². The fourth-order valence-corrected chi connectivity index (χ4v) is 2.68. The van der Waals surface area contributed by atoms with Gasteiger partial charge in [0, 0.05) is 12.3 Å². The highest BCUT2D eigenvalue weighted by atomic mass is 16.5. The van der Waals surface area contributed by atoms with Crippen molar-refractivity contribution in [3.8, 4) is 0 Å². The molecule has 5 heteroatoms. The molecule has 5 nitrogen and oxygen atoms in total. The molecule has 120 valence electrons. The lowest BCUT2D eigenvalue weighted by atomic mass is 9.81. The van der Waals surface area contributed by atoms with E-state index in [0.717, 1.165) is 19.3 Å². The van der Waals surface area contributed by atoms with E-state index in [2.05, 4.69) is 5.32 Å². The lowest BCUT2D eigenvalue weighted by molar-refractivity contribution is -0.136. The zero-order valence-electron chi connectivity index (χ0n) is 13.1.